The molecule has 0 aliphatic rings. The Balaban J connectivity index is -0.00000000133. The molecule has 0 saturated carbocycles. The van der Waals surface area contributed by atoms with E-state index < -0.39 is 41.1 Å². The normalized spacial score (nSPS) is 2.00. The van der Waals surface area contributed by atoms with E-state index in [9.17, 15) is 0 Å². The summed E-state index contributed by atoms with van der Waals surface area (Å²) in [4.78, 5) is 0. The van der Waals surface area contributed by atoms with Crippen molar-refractivity contribution in [3.63, 3.8) is 0 Å². The Bertz CT molecular complexity index is 11.0. The van der Waals surface area contributed by atoms with Gasteiger partial charge in [-0.05, 0) is 0 Å². The molecule has 9 heteroatoms. The first-order chi connectivity index (χ1) is 1.41. The van der Waals surface area contributed by atoms with Crippen LogP contribution in [0.3, 0.4) is 0 Å². The molecule has 0 amide bonds. The van der Waals surface area contributed by atoms with Gasteiger partial charge in [0.1, 0.15) is 0 Å². The standard InChI is InChI=1S/2ClH.Eu.6H2O/h2*1H;;6*1H2/q;;+2;;;;;;/p-2. The predicted octanol–water partition coefficient (Wildman–Crippen LogP) is -3.57. The Morgan fingerprint density at radius 1 is 0.556 bits per heavy atom. The Hall–Kier alpha value is 1.92. The third-order valence-electron chi connectivity index (χ3n) is 0. The van der Waals surface area contributed by atoms with E-state index in [4.69, 9.17) is 8.31 Å². The monoisotopic (exact) mass is 331 g/mol. The van der Waals surface area contributed by atoms with Crippen LogP contribution in [0.1, 0.15) is 0 Å². The number of halogens is 2. The van der Waals surface area contributed by atoms with Gasteiger partial charge in [-0.3, -0.25) is 0 Å². The molecule has 0 aromatic rings. The molecule has 0 aliphatic heterocycles. The summed E-state index contributed by atoms with van der Waals surface area (Å²) < 4.78 is 9.83. The quantitative estimate of drug-likeness (QED) is 0.425. The van der Waals surface area contributed by atoms with Gasteiger partial charge in [-0.15, -0.1) is 0 Å². The van der Waals surface area contributed by atoms with E-state index in [0.717, 1.165) is 0 Å². The van der Waals surface area contributed by atoms with Gasteiger partial charge in [-0.25, -0.2) is 0 Å². The molecule has 0 aromatic heterocycles. The molecule has 9 heavy (non-hydrogen) atoms. The van der Waals surface area contributed by atoms with Gasteiger partial charge in [0.05, 0.1) is 0 Å². The molecule has 0 atom stereocenters. The van der Waals surface area contributed by atoms with Crippen molar-refractivity contribution in [3.05, 3.63) is 0 Å². The second kappa shape index (κ2) is 92.4. The summed E-state index contributed by atoms with van der Waals surface area (Å²) in [5, 5.41) is 0. The molecule has 6 nitrogen and oxygen atoms in total. The molecule has 0 aliphatic carbocycles. The summed E-state index contributed by atoms with van der Waals surface area (Å²) in [6.45, 7) is 0. The zero-order valence-electron chi connectivity index (χ0n) is 4.13. The van der Waals surface area contributed by atoms with Crippen LogP contribution in [-0.2, 0) is 0 Å². The van der Waals surface area contributed by atoms with Crippen molar-refractivity contribution in [2.75, 3.05) is 0 Å². The Morgan fingerprint density at radius 2 is 0.556 bits per heavy atom. The SMILES string of the molecule is O.O.O.O.O.O.[Cl][Eu][Cl]. The van der Waals surface area contributed by atoms with Crippen LogP contribution >= 0.6 is 8.31 Å². The van der Waals surface area contributed by atoms with Gasteiger partial charge in [-0.1, -0.05) is 0 Å². The van der Waals surface area contributed by atoms with Crippen LogP contribution in [0.25, 0.3) is 0 Å². The first-order valence-electron chi connectivity index (χ1n) is 0.286. The third-order valence-corrected chi connectivity index (χ3v) is 0. The van der Waals surface area contributed by atoms with Crippen LogP contribution in [0.2, 0.25) is 0 Å². The maximum atomic E-state index is 4.92. The molecule has 0 unspecified atom stereocenters. The van der Waals surface area contributed by atoms with Gasteiger partial charge in [-0.2, -0.15) is 0 Å². The summed E-state index contributed by atoms with van der Waals surface area (Å²) >= 11 is -0.722. The van der Waals surface area contributed by atoms with E-state index in [1.54, 1.807) is 0 Å². The Kier molecular flexibility index (Phi) is 717. The molecule has 12 N–H and O–H groups in total. The fourth-order valence-electron chi connectivity index (χ4n) is 0. The van der Waals surface area contributed by atoms with Gasteiger partial charge < -0.3 is 32.9 Å². The van der Waals surface area contributed by atoms with Gasteiger partial charge >= 0.3 is 49.4 Å². The van der Waals surface area contributed by atoms with E-state index in [1.807, 2.05) is 0 Å². The predicted molar refractivity (Wildman–Crippen MR) is 33.4 cm³/mol. The molecular weight excluding hydrogens is 319 g/mol. The van der Waals surface area contributed by atoms with E-state index in [2.05, 4.69) is 0 Å². The van der Waals surface area contributed by atoms with Gasteiger partial charge in [0, 0.05) is 0 Å². The number of hydrogen-bond donors (Lipinski definition) is 0. The van der Waals surface area contributed by atoms with Gasteiger partial charge in [0.15, 0.2) is 0 Å². The molecule has 69 valence electrons. The molecule has 0 radical (unpaired) electrons. The van der Waals surface area contributed by atoms with Crippen molar-refractivity contribution in [1.29, 1.82) is 0 Å². The van der Waals surface area contributed by atoms with Crippen molar-refractivity contribution < 1.29 is 74.0 Å². The minimum atomic E-state index is -0.722. The fraction of sp³-hybridized carbons (Fsp3) is 0. The second-order valence-corrected chi connectivity index (χ2v) is 3.60. The molecule has 0 heterocycles. The second-order valence-electron chi connectivity index (χ2n) is 0.0540. The Morgan fingerprint density at radius 3 is 0.556 bits per heavy atom. The van der Waals surface area contributed by atoms with Crippen molar-refractivity contribution >= 4 is 8.31 Å². The Labute approximate surface area is 80.8 Å². The van der Waals surface area contributed by atoms with Crippen LogP contribution in [-0.4, -0.2) is 32.9 Å². The van der Waals surface area contributed by atoms with Crippen LogP contribution in [0, 0.1) is 41.1 Å². The summed E-state index contributed by atoms with van der Waals surface area (Å²) in [5.74, 6) is 0. The summed E-state index contributed by atoms with van der Waals surface area (Å²) in [7, 11) is 0. The van der Waals surface area contributed by atoms with Gasteiger partial charge in [0.25, 0.3) is 0 Å². The van der Waals surface area contributed by atoms with E-state index in [1.165, 1.54) is 0 Å². The van der Waals surface area contributed by atoms with Crippen LogP contribution in [0.15, 0.2) is 0 Å². The average Bonchev–Trinajstić information content (AvgIpc) is 0.918. The molecule has 0 fully saturated rings. The zero-order chi connectivity index (χ0) is 2.71. The molecule has 0 rings (SSSR count). The molecule has 0 spiro atoms. The molecule has 0 bridgehead atoms. The van der Waals surface area contributed by atoms with E-state index in [-0.39, 0.29) is 32.9 Å². The first kappa shape index (κ1) is 69.9. The summed E-state index contributed by atoms with van der Waals surface area (Å²) in [5.41, 5.74) is 0. The summed E-state index contributed by atoms with van der Waals surface area (Å²) in [6.07, 6.45) is 0. The van der Waals surface area contributed by atoms with E-state index >= 15 is 0 Å². The van der Waals surface area contributed by atoms with Crippen molar-refractivity contribution in [3.8, 4) is 0 Å². The first-order valence-corrected chi connectivity index (χ1v) is 6.36. The van der Waals surface area contributed by atoms with Crippen LogP contribution < -0.4 is 0 Å². The maximum absolute atomic E-state index is 4.92. The topological polar surface area (TPSA) is 189 Å². The zero-order valence-corrected chi connectivity index (χ0v) is 8.07. The summed E-state index contributed by atoms with van der Waals surface area (Å²) in [6, 6.07) is 0. The number of rotatable bonds is 0. The van der Waals surface area contributed by atoms with Crippen molar-refractivity contribution in [1.82, 2.24) is 0 Å². The van der Waals surface area contributed by atoms with Crippen molar-refractivity contribution in [2.24, 2.45) is 0 Å². The molecule has 0 aromatic carbocycles. The van der Waals surface area contributed by atoms with Crippen molar-refractivity contribution in [2.45, 2.75) is 0 Å². The molecular formula is H12Cl2EuO6. The average molecular weight is 331 g/mol. The van der Waals surface area contributed by atoms with E-state index in [0.29, 0.717) is 0 Å². The number of hydrogen-bond acceptors (Lipinski definition) is 0. The fourth-order valence-corrected chi connectivity index (χ4v) is 0. The molecule has 0 saturated heterocycles. The minimum absolute atomic E-state index is 0. The third kappa shape index (κ3) is 168. The van der Waals surface area contributed by atoms with Gasteiger partial charge in [0.2, 0.25) is 0 Å². The van der Waals surface area contributed by atoms with Crippen LogP contribution in [0.4, 0.5) is 0 Å². The van der Waals surface area contributed by atoms with Crippen LogP contribution in [0.5, 0.6) is 0 Å².